The average molecular weight is 387 g/mol. The maximum Gasteiger partial charge on any atom is 0.00313 e. The Morgan fingerprint density at radius 3 is 1.58 bits per heavy atom. The van der Waals surface area contributed by atoms with Crippen LogP contribution in [0.1, 0.15) is 62.5 Å². The van der Waals surface area contributed by atoms with Gasteiger partial charge in [-0.1, -0.05) is 109 Å². The lowest BCUT2D eigenvalue weighted by Gasteiger charge is -2.06. The molecule has 130 valence electrons. The van der Waals surface area contributed by atoms with Gasteiger partial charge in [0.25, 0.3) is 0 Å². The summed E-state index contributed by atoms with van der Waals surface area (Å²) >= 11 is 3.50. The molecule has 0 aliphatic carbocycles. The van der Waals surface area contributed by atoms with E-state index in [0.29, 0.717) is 0 Å². The lowest BCUT2D eigenvalue weighted by atomic mass is 10.00. The number of hydrogen-bond donors (Lipinski definition) is 0. The van der Waals surface area contributed by atoms with Crippen LogP contribution in [0.25, 0.3) is 11.1 Å². The lowest BCUT2D eigenvalue weighted by molar-refractivity contribution is 0.577. The van der Waals surface area contributed by atoms with Crippen molar-refractivity contribution in [1.29, 1.82) is 0 Å². The zero-order valence-corrected chi connectivity index (χ0v) is 16.7. The highest BCUT2D eigenvalue weighted by molar-refractivity contribution is 9.09. The summed E-state index contributed by atoms with van der Waals surface area (Å²) in [4.78, 5) is 0. The van der Waals surface area contributed by atoms with Gasteiger partial charge in [-0.3, -0.25) is 0 Å². The monoisotopic (exact) mass is 386 g/mol. The van der Waals surface area contributed by atoms with Gasteiger partial charge in [0.05, 0.1) is 0 Å². The number of benzene rings is 2. The fraction of sp³-hybridized carbons (Fsp3) is 0.478. The molecule has 0 nitrogen and oxygen atoms in total. The highest BCUT2D eigenvalue weighted by atomic mass is 79.9. The Labute approximate surface area is 156 Å². The summed E-state index contributed by atoms with van der Waals surface area (Å²) in [6.45, 7) is 2.14. The van der Waals surface area contributed by atoms with Gasteiger partial charge in [0.1, 0.15) is 0 Å². The van der Waals surface area contributed by atoms with Gasteiger partial charge in [0.15, 0.2) is 0 Å². The van der Waals surface area contributed by atoms with E-state index in [2.05, 4.69) is 71.4 Å². The SMILES string of the molecule is Cc1ccc(-c2ccc(CCCCCCCCCCBr)cc2)cc1. The molecule has 0 saturated carbocycles. The molecular formula is C23H31Br. The van der Waals surface area contributed by atoms with Crippen molar-refractivity contribution in [2.45, 2.75) is 64.7 Å². The molecule has 0 radical (unpaired) electrons. The molecule has 0 saturated heterocycles. The number of unbranched alkanes of at least 4 members (excludes halogenated alkanes) is 7. The van der Waals surface area contributed by atoms with Crippen LogP contribution in [0.4, 0.5) is 0 Å². The highest BCUT2D eigenvalue weighted by Crippen LogP contribution is 2.21. The summed E-state index contributed by atoms with van der Waals surface area (Å²) in [6.07, 6.45) is 12.3. The minimum absolute atomic E-state index is 1.16. The number of halogens is 1. The average Bonchev–Trinajstić information content (AvgIpc) is 2.62. The lowest BCUT2D eigenvalue weighted by Crippen LogP contribution is -1.87. The second kappa shape index (κ2) is 11.5. The van der Waals surface area contributed by atoms with Crippen molar-refractivity contribution >= 4 is 15.9 Å². The van der Waals surface area contributed by atoms with Crippen LogP contribution in [0, 0.1) is 6.92 Å². The van der Waals surface area contributed by atoms with E-state index in [4.69, 9.17) is 0 Å². The predicted octanol–water partition coefficient (Wildman–Crippen LogP) is 7.72. The molecule has 0 heterocycles. The summed E-state index contributed by atoms with van der Waals surface area (Å²) in [6, 6.07) is 17.9. The van der Waals surface area contributed by atoms with E-state index in [1.165, 1.54) is 80.0 Å². The molecule has 0 spiro atoms. The van der Waals surface area contributed by atoms with E-state index in [9.17, 15) is 0 Å². The first-order valence-corrected chi connectivity index (χ1v) is 10.6. The molecule has 0 aliphatic rings. The van der Waals surface area contributed by atoms with E-state index < -0.39 is 0 Å². The fourth-order valence-corrected chi connectivity index (χ4v) is 3.49. The van der Waals surface area contributed by atoms with E-state index in [1.54, 1.807) is 0 Å². The number of aryl methyl sites for hydroxylation is 2. The standard InChI is InChI=1S/C23H31Br/c1-20-11-15-22(16-12-20)23-17-13-21(14-18-23)10-8-6-4-2-3-5-7-9-19-24/h11-18H,2-10,19H2,1H3. The molecule has 0 atom stereocenters. The van der Waals surface area contributed by atoms with E-state index in [-0.39, 0.29) is 0 Å². The van der Waals surface area contributed by atoms with Gasteiger partial charge in [-0.2, -0.15) is 0 Å². The van der Waals surface area contributed by atoms with Crippen molar-refractivity contribution in [2.75, 3.05) is 5.33 Å². The molecule has 2 aromatic rings. The summed E-state index contributed by atoms with van der Waals surface area (Å²) in [5.74, 6) is 0. The van der Waals surface area contributed by atoms with Crippen LogP contribution >= 0.6 is 15.9 Å². The fourth-order valence-electron chi connectivity index (χ4n) is 3.09. The normalized spacial score (nSPS) is 10.9. The van der Waals surface area contributed by atoms with Crippen molar-refractivity contribution in [3.63, 3.8) is 0 Å². The minimum Gasteiger partial charge on any atom is -0.0928 e. The maximum absolute atomic E-state index is 3.50. The van der Waals surface area contributed by atoms with Gasteiger partial charge in [-0.25, -0.2) is 0 Å². The third kappa shape index (κ3) is 7.21. The number of alkyl halides is 1. The first-order chi connectivity index (χ1) is 11.8. The van der Waals surface area contributed by atoms with Crippen LogP contribution in [0.5, 0.6) is 0 Å². The second-order valence-corrected chi connectivity index (χ2v) is 7.62. The van der Waals surface area contributed by atoms with Gasteiger partial charge in [-0.05, 0) is 42.9 Å². The molecule has 0 aromatic heterocycles. The molecule has 24 heavy (non-hydrogen) atoms. The maximum atomic E-state index is 3.50. The largest absolute Gasteiger partial charge is 0.0928 e. The van der Waals surface area contributed by atoms with Crippen molar-refractivity contribution in [1.82, 2.24) is 0 Å². The van der Waals surface area contributed by atoms with Gasteiger partial charge in [0.2, 0.25) is 0 Å². The summed E-state index contributed by atoms with van der Waals surface area (Å²) in [5.41, 5.74) is 5.43. The molecule has 1 heteroatoms. The first kappa shape index (κ1) is 19.2. The zero-order valence-electron chi connectivity index (χ0n) is 15.1. The Morgan fingerprint density at radius 1 is 0.583 bits per heavy atom. The molecule has 2 rings (SSSR count). The quantitative estimate of drug-likeness (QED) is 0.273. The van der Waals surface area contributed by atoms with Crippen LogP contribution in [0.2, 0.25) is 0 Å². The zero-order chi connectivity index (χ0) is 17.0. The van der Waals surface area contributed by atoms with E-state index in [1.807, 2.05) is 0 Å². The van der Waals surface area contributed by atoms with Crippen molar-refractivity contribution in [3.05, 3.63) is 59.7 Å². The van der Waals surface area contributed by atoms with Crippen molar-refractivity contribution in [3.8, 4) is 11.1 Å². The molecule has 0 aliphatic heterocycles. The van der Waals surface area contributed by atoms with E-state index in [0.717, 1.165) is 5.33 Å². The van der Waals surface area contributed by atoms with Crippen molar-refractivity contribution in [2.24, 2.45) is 0 Å². The van der Waals surface area contributed by atoms with Crippen LogP contribution in [-0.2, 0) is 6.42 Å². The second-order valence-electron chi connectivity index (χ2n) is 6.83. The Balaban J connectivity index is 1.63. The van der Waals surface area contributed by atoms with Gasteiger partial charge >= 0.3 is 0 Å². The predicted molar refractivity (Wildman–Crippen MR) is 111 cm³/mol. The van der Waals surface area contributed by atoms with E-state index >= 15 is 0 Å². The van der Waals surface area contributed by atoms with Crippen LogP contribution in [0.3, 0.4) is 0 Å². The van der Waals surface area contributed by atoms with Gasteiger partial charge < -0.3 is 0 Å². The molecule has 0 amide bonds. The molecule has 0 fully saturated rings. The molecule has 0 N–H and O–H groups in total. The summed E-state index contributed by atoms with van der Waals surface area (Å²) < 4.78 is 0. The Morgan fingerprint density at radius 2 is 1.04 bits per heavy atom. The first-order valence-electron chi connectivity index (χ1n) is 9.51. The molecular weight excluding hydrogens is 356 g/mol. The molecule has 0 unspecified atom stereocenters. The van der Waals surface area contributed by atoms with Crippen LogP contribution in [-0.4, -0.2) is 5.33 Å². The third-order valence-electron chi connectivity index (χ3n) is 4.69. The summed E-state index contributed by atoms with van der Waals surface area (Å²) in [7, 11) is 0. The Hall–Kier alpha value is -1.08. The smallest absolute Gasteiger partial charge is 0.00313 e. The molecule has 2 aromatic carbocycles. The van der Waals surface area contributed by atoms with Crippen LogP contribution in [0.15, 0.2) is 48.5 Å². The van der Waals surface area contributed by atoms with Gasteiger partial charge in [-0.15, -0.1) is 0 Å². The minimum atomic E-state index is 1.16. The van der Waals surface area contributed by atoms with Crippen LogP contribution < -0.4 is 0 Å². The van der Waals surface area contributed by atoms with Gasteiger partial charge in [0, 0.05) is 5.33 Å². The highest BCUT2D eigenvalue weighted by Gasteiger charge is 1.99. The third-order valence-corrected chi connectivity index (χ3v) is 5.25. The number of hydrogen-bond acceptors (Lipinski definition) is 0. The Kier molecular flexibility index (Phi) is 9.20. The number of rotatable bonds is 11. The van der Waals surface area contributed by atoms with Crippen molar-refractivity contribution < 1.29 is 0 Å². The topological polar surface area (TPSA) is 0 Å². The molecule has 0 bridgehead atoms. The summed E-state index contributed by atoms with van der Waals surface area (Å²) in [5, 5.41) is 1.16. The Bertz CT molecular complexity index is 554.